The van der Waals surface area contributed by atoms with Gasteiger partial charge in [-0.3, -0.25) is 0 Å². The van der Waals surface area contributed by atoms with Gasteiger partial charge in [0.2, 0.25) is 0 Å². The number of oxime groups is 1. The van der Waals surface area contributed by atoms with Gasteiger partial charge < -0.3 is 20.4 Å². The summed E-state index contributed by atoms with van der Waals surface area (Å²) in [5.41, 5.74) is 6.12. The van der Waals surface area contributed by atoms with Gasteiger partial charge in [0.15, 0.2) is 5.84 Å². The molecule has 0 aromatic heterocycles. The number of hydrogen-bond donors (Lipinski definition) is 2. The van der Waals surface area contributed by atoms with E-state index in [4.69, 9.17) is 20.4 Å². The molecule has 1 aliphatic heterocycles. The highest BCUT2D eigenvalue weighted by atomic mass is 19.1. The third kappa shape index (κ3) is 2.72. The van der Waals surface area contributed by atoms with Crippen LogP contribution < -0.4 is 5.73 Å². The molecule has 0 amide bonds. The van der Waals surface area contributed by atoms with Crippen molar-refractivity contribution in [3.8, 4) is 0 Å². The van der Waals surface area contributed by atoms with Crippen molar-refractivity contribution in [2.24, 2.45) is 10.9 Å². The lowest BCUT2D eigenvalue weighted by Crippen LogP contribution is -2.35. The van der Waals surface area contributed by atoms with E-state index in [9.17, 15) is 4.39 Å². The van der Waals surface area contributed by atoms with Crippen molar-refractivity contribution in [2.45, 2.75) is 12.7 Å². The quantitative estimate of drug-likeness (QED) is 0.354. The van der Waals surface area contributed by atoms with Gasteiger partial charge in [-0.2, -0.15) is 0 Å². The monoisotopic (exact) mass is 240 g/mol. The van der Waals surface area contributed by atoms with E-state index >= 15 is 0 Å². The fraction of sp³-hybridized carbons (Fsp3) is 0.364. The van der Waals surface area contributed by atoms with Crippen molar-refractivity contribution in [2.75, 3.05) is 13.2 Å². The van der Waals surface area contributed by atoms with Crippen LogP contribution in [0.2, 0.25) is 0 Å². The average Bonchev–Trinajstić information content (AvgIpc) is 2.28. The van der Waals surface area contributed by atoms with Gasteiger partial charge >= 0.3 is 0 Å². The van der Waals surface area contributed by atoms with Gasteiger partial charge in [-0.1, -0.05) is 17.3 Å². The zero-order chi connectivity index (χ0) is 12.3. The zero-order valence-electron chi connectivity index (χ0n) is 9.10. The molecular weight excluding hydrogens is 227 g/mol. The van der Waals surface area contributed by atoms with E-state index < -0.39 is 5.82 Å². The molecule has 1 aromatic carbocycles. The SMILES string of the molecule is N/C(=N/O)c1ccc(COC2COC2)c(F)c1. The van der Waals surface area contributed by atoms with Crippen molar-refractivity contribution in [3.63, 3.8) is 0 Å². The summed E-state index contributed by atoms with van der Waals surface area (Å²) in [6.07, 6.45) is 0.0538. The first-order valence-corrected chi connectivity index (χ1v) is 5.16. The van der Waals surface area contributed by atoms with E-state index in [0.717, 1.165) is 0 Å². The minimum atomic E-state index is -0.436. The molecule has 0 radical (unpaired) electrons. The topological polar surface area (TPSA) is 77.1 Å². The molecule has 1 aliphatic rings. The summed E-state index contributed by atoms with van der Waals surface area (Å²) in [5, 5.41) is 11.3. The van der Waals surface area contributed by atoms with Gasteiger partial charge in [0.1, 0.15) is 11.9 Å². The van der Waals surface area contributed by atoms with Crippen LogP contribution in [0.1, 0.15) is 11.1 Å². The number of ether oxygens (including phenoxy) is 2. The predicted octanol–water partition coefficient (Wildman–Crippen LogP) is 0.836. The number of hydrogen-bond acceptors (Lipinski definition) is 4. The van der Waals surface area contributed by atoms with E-state index in [0.29, 0.717) is 24.3 Å². The van der Waals surface area contributed by atoms with Crippen LogP contribution in [0.3, 0.4) is 0 Å². The highest BCUT2D eigenvalue weighted by Crippen LogP contribution is 2.14. The molecule has 2 rings (SSSR count). The Morgan fingerprint density at radius 2 is 2.35 bits per heavy atom. The second-order valence-electron chi connectivity index (χ2n) is 3.76. The summed E-state index contributed by atoms with van der Waals surface area (Å²) in [6, 6.07) is 4.35. The maximum absolute atomic E-state index is 13.6. The molecule has 0 unspecified atom stereocenters. The van der Waals surface area contributed by atoms with Crippen LogP contribution in [0, 0.1) is 5.82 Å². The van der Waals surface area contributed by atoms with Crippen LogP contribution in [-0.2, 0) is 16.1 Å². The van der Waals surface area contributed by atoms with Crippen molar-refractivity contribution in [3.05, 3.63) is 35.1 Å². The van der Waals surface area contributed by atoms with Crippen LogP contribution in [0.25, 0.3) is 0 Å². The molecule has 0 saturated carbocycles. The van der Waals surface area contributed by atoms with E-state index in [1.807, 2.05) is 0 Å². The Bertz CT molecular complexity index is 433. The molecule has 1 aromatic rings. The summed E-state index contributed by atoms with van der Waals surface area (Å²) in [5.74, 6) is -0.557. The lowest BCUT2D eigenvalue weighted by Gasteiger charge is -2.26. The number of nitrogens with zero attached hydrogens (tertiary/aromatic N) is 1. The third-order valence-corrected chi connectivity index (χ3v) is 2.54. The molecule has 5 nitrogen and oxygen atoms in total. The lowest BCUT2D eigenvalue weighted by atomic mass is 10.1. The highest BCUT2D eigenvalue weighted by Gasteiger charge is 2.19. The molecule has 0 bridgehead atoms. The van der Waals surface area contributed by atoms with Crippen molar-refractivity contribution in [1.82, 2.24) is 0 Å². The Labute approximate surface area is 97.6 Å². The van der Waals surface area contributed by atoms with Gasteiger partial charge in [0.25, 0.3) is 0 Å². The fourth-order valence-electron chi connectivity index (χ4n) is 1.40. The maximum atomic E-state index is 13.6. The molecule has 3 N–H and O–H groups in total. The van der Waals surface area contributed by atoms with E-state index in [-0.39, 0.29) is 18.5 Å². The smallest absolute Gasteiger partial charge is 0.170 e. The second kappa shape index (κ2) is 5.11. The van der Waals surface area contributed by atoms with Crippen molar-refractivity contribution in [1.29, 1.82) is 0 Å². The Kier molecular flexibility index (Phi) is 3.55. The van der Waals surface area contributed by atoms with Gasteiger partial charge in [-0.05, 0) is 6.07 Å². The first-order chi connectivity index (χ1) is 8.20. The van der Waals surface area contributed by atoms with Crippen LogP contribution in [-0.4, -0.2) is 30.4 Å². The molecule has 0 spiro atoms. The first kappa shape index (κ1) is 11.8. The summed E-state index contributed by atoms with van der Waals surface area (Å²) >= 11 is 0. The van der Waals surface area contributed by atoms with Crippen LogP contribution in [0.4, 0.5) is 4.39 Å². The van der Waals surface area contributed by atoms with Gasteiger partial charge in [-0.25, -0.2) is 4.39 Å². The standard InChI is InChI=1S/C11H13FN2O3/c12-10-3-7(11(13)14-15)1-2-8(10)4-17-9-5-16-6-9/h1-3,9,15H,4-6H2,(H2,13,14). The van der Waals surface area contributed by atoms with Gasteiger partial charge in [0, 0.05) is 11.1 Å². The predicted molar refractivity (Wildman–Crippen MR) is 58.3 cm³/mol. The van der Waals surface area contributed by atoms with E-state index in [1.165, 1.54) is 6.07 Å². The summed E-state index contributed by atoms with van der Waals surface area (Å²) in [6.45, 7) is 1.31. The molecule has 17 heavy (non-hydrogen) atoms. The minimum Gasteiger partial charge on any atom is -0.409 e. The summed E-state index contributed by atoms with van der Waals surface area (Å²) < 4.78 is 24.0. The molecule has 92 valence electrons. The largest absolute Gasteiger partial charge is 0.409 e. The first-order valence-electron chi connectivity index (χ1n) is 5.16. The molecule has 0 aliphatic carbocycles. The van der Waals surface area contributed by atoms with Gasteiger partial charge in [0.05, 0.1) is 19.8 Å². The molecule has 0 atom stereocenters. The van der Waals surface area contributed by atoms with Crippen molar-refractivity contribution < 1.29 is 19.1 Å². The van der Waals surface area contributed by atoms with E-state index in [2.05, 4.69) is 5.16 Å². The minimum absolute atomic E-state index is 0.0538. The van der Waals surface area contributed by atoms with Crippen molar-refractivity contribution >= 4 is 5.84 Å². The number of benzene rings is 1. The van der Waals surface area contributed by atoms with Crippen LogP contribution in [0.5, 0.6) is 0 Å². The van der Waals surface area contributed by atoms with Crippen LogP contribution >= 0.6 is 0 Å². The fourth-order valence-corrected chi connectivity index (χ4v) is 1.40. The third-order valence-electron chi connectivity index (χ3n) is 2.54. The lowest BCUT2D eigenvalue weighted by molar-refractivity contribution is -0.135. The normalized spacial score (nSPS) is 16.9. The van der Waals surface area contributed by atoms with Gasteiger partial charge in [-0.15, -0.1) is 0 Å². The molecule has 1 fully saturated rings. The highest BCUT2D eigenvalue weighted by molar-refractivity contribution is 5.97. The number of halogens is 1. The molecule has 6 heteroatoms. The summed E-state index contributed by atoms with van der Waals surface area (Å²) in [4.78, 5) is 0. The zero-order valence-corrected chi connectivity index (χ0v) is 9.10. The number of nitrogens with two attached hydrogens (primary N) is 1. The molecule has 1 heterocycles. The summed E-state index contributed by atoms with van der Waals surface area (Å²) in [7, 11) is 0. The Balaban J connectivity index is 2.03. The average molecular weight is 240 g/mol. The van der Waals surface area contributed by atoms with Crippen LogP contribution in [0.15, 0.2) is 23.4 Å². The molecular formula is C11H13FN2O3. The van der Waals surface area contributed by atoms with E-state index in [1.54, 1.807) is 12.1 Å². The Morgan fingerprint density at radius 3 is 2.88 bits per heavy atom. The number of rotatable bonds is 4. The number of amidine groups is 1. The Hall–Kier alpha value is -1.66. The second-order valence-corrected chi connectivity index (χ2v) is 3.76. The Morgan fingerprint density at radius 1 is 1.59 bits per heavy atom. The maximum Gasteiger partial charge on any atom is 0.170 e. The molecule has 1 saturated heterocycles.